The van der Waals surface area contributed by atoms with Gasteiger partial charge in [-0.25, -0.2) is 0 Å². The van der Waals surface area contributed by atoms with Crippen LogP contribution in [0.15, 0.2) is 114 Å². The van der Waals surface area contributed by atoms with Gasteiger partial charge in [0.25, 0.3) is 0 Å². The third-order valence-electron chi connectivity index (χ3n) is 6.08. The fraction of sp³-hybridized carbons (Fsp3) is 0.250. The lowest BCUT2D eigenvalue weighted by atomic mass is 10.1. The lowest BCUT2D eigenvalue weighted by Gasteiger charge is -1.98. The Balaban J connectivity index is 0.000000552. The second kappa shape index (κ2) is 25.6. The molecule has 5 aromatic heterocycles. The van der Waals surface area contributed by atoms with Gasteiger partial charge in [0.15, 0.2) is 0 Å². The van der Waals surface area contributed by atoms with Crippen molar-refractivity contribution in [1.29, 1.82) is 0 Å². The summed E-state index contributed by atoms with van der Waals surface area (Å²) < 4.78 is 5.01. The first-order valence-corrected chi connectivity index (χ1v) is 21.1. The Morgan fingerprint density at radius 2 is 1.21 bits per heavy atom. The van der Waals surface area contributed by atoms with Crippen molar-refractivity contribution >= 4 is 115 Å². The van der Waals surface area contributed by atoms with Crippen LogP contribution in [-0.4, -0.2) is 0 Å². The van der Waals surface area contributed by atoms with Crippen molar-refractivity contribution in [2.45, 2.75) is 70.2 Å². The summed E-state index contributed by atoms with van der Waals surface area (Å²) in [4.78, 5) is 6.83. The molecule has 0 bridgehead atoms. The maximum atomic E-state index is 3.38. The first kappa shape index (κ1) is 46.6. The van der Waals surface area contributed by atoms with Gasteiger partial charge in [0.2, 0.25) is 0 Å². The molecule has 2 aromatic carbocycles. The van der Waals surface area contributed by atoms with Crippen LogP contribution in [0.5, 0.6) is 0 Å². The Morgan fingerprint density at radius 1 is 0.500 bits per heavy atom. The molecule has 0 atom stereocenters. The van der Waals surface area contributed by atoms with Crippen molar-refractivity contribution in [3.05, 3.63) is 155 Å². The van der Waals surface area contributed by atoms with E-state index in [1.54, 1.807) is 45.3 Å². The van der Waals surface area contributed by atoms with Gasteiger partial charge in [-0.3, -0.25) is 0 Å². The van der Waals surface area contributed by atoms with E-state index in [2.05, 4.69) is 204 Å². The molecule has 0 aliphatic carbocycles. The predicted molar refractivity (Wildman–Crippen MR) is 240 cm³/mol. The summed E-state index contributed by atoms with van der Waals surface area (Å²) in [6.07, 6.45) is 0. The first-order chi connectivity index (χ1) is 21.8. The minimum Gasteiger partial charge on any atom is -0.149 e. The maximum absolute atomic E-state index is 3.38. The van der Waals surface area contributed by atoms with Crippen LogP contribution in [-0.2, 0) is 0 Å². The molecule has 260 valence electrons. The van der Waals surface area contributed by atoms with Gasteiger partial charge < -0.3 is 0 Å². The van der Waals surface area contributed by atoms with Gasteiger partial charge in [0, 0.05) is 43.4 Å². The molecule has 48 heavy (non-hydrogen) atoms. The van der Waals surface area contributed by atoms with Gasteiger partial charge in [0.1, 0.15) is 0 Å². The number of fused-ring (bicyclic) bond motifs is 1. The molecule has 0 N–H and O–H groups in total. The Morgan fingerprint density at radius 3 is 1.54 bits per heavy atom. The molecule has 7 aromatic rings. The van der Waals surface area contributed by atoms with E-state index >= 15 is 0 Å². The Bertz CT molecular complexity index is 1700. The van der Waals surface area contributed by atoms with E-state index in [0.717, 1.165) is 0 Å². The summed E-state index contributed by atoms with van der Waals surface area (Å²) in [5.41, 5.74) is 4.11. The molecule has 0 spiro atoms. The van der Waals surface area contributed by atoms with Crippen molar-refractivity contribution in [2.75, 3.05) is 0 Å². The molecule has 0 saturated heterocycles. The van der Waals surface area contributed by atoms with Crippen molar-refractivity contribution in [3.8, 4) is 0 Å². The van der Waals surface area contributed by atoms with Gasteiger partial charge in [-0.05, 0) is 173 Å². The molecule has 0 aliphatic rings. The highest BCUT2D eigenvalue weighted by molar-refractivity contribution is 9.11. The SMILES string of the molecule is C.C.Cc1cc(Br)cs1.Cc1cc2ccccc2s1.Cc1ccc(Br)s1.Cc1ccc(C)c(C)c1.Cc1cccs1.Cc1sccc1Br. The standard InChI is InChI=1S/C9H8S.C9H12.3C5H5BrS.C5H6S.2CH4/c1-7-6-8-4-2-3-5-9(8)10-7;1-7-4-5-8(2)9(3)6-7;1-4-2-5(6)3-7-4;1-4-5(6)2-3-7-4;1-4-2-3-5(6)7-4;1-5-3-2-4-6-5;;/h2-6H,1H3;4-6H,1-3H3;3*2-3H,1H3;2-4H,1H3;2*1H4. The zero-order valence-corrected chi connectivity index (χ0v) is 36.3. The van der Waals surface area contributed by atoms with E-state index < -0.39 is 0 Å². The number of thiophene rings is 5. The van der Waals surface area contributed by atoms with Crippen LogP contribution < -0.4 is 0 Å². The number of halogens is 3. The van der Waals surface area contributed by atoms with Crippen molar-refractivity contribution in [1.82, 2.24) is 0 Å². The zero-order chi connectivity index (χ0) is 34.1. The molecule has 5 heterocycles. The summed E-state index contributed by atoms with van der Waals surface area (Å²) in [5, 5.41) is 7.59. The zero-order valence-electron chi connectivity index (χ0n) is 27.5. The van der Waals surface area contributed by atoms with Crippen molar-refractivity contribution in [3.63, 3.8) is 0 Å². The molecule has 0 fully saturated rings. The fourth-order valence-corrected chi connectivity index (χ4v) is 9.00. The number of benzene rings is 2. The van der Waals surface area contributed by atoms with Gasteiger partial charge in [-0.1, -0.05) is 62.9 Å². The summed E-state index contributed by atoms with van der Waals surface area (Å²) >= 11 is 19.0. The highest BCUT2D eigenvalue weighted by Gasteiger charge is 1.94. The monoisotopic (exact) mass is 926 g/mol. The second-order valence-electron chi connectivity index (χ2n) is 10.3. The van der Waals surface area contributed by atoms with E-state index in [1.807, 2.05) is 11.3 Å². The van der Waals surface area contributed by atoms with Crippen LogP contribution >= 0.6 is 104 Å². The van der Waals surface area contributed by atoms with Crippen LogP contribution in [0.3, 0.4) is 0 Å². The number of hydrogen-bond donors (Lipinski definition) is 0. The molecule has 0 unspecified atom stereocenters. The smallest absolute Gasteiger partial charge is 0.0701 e. The van der Waals surface area contributed by atoms with Gasteiger partial charge >= 0.3 is 0 Å². The maximum Gasteiger partial charge on any atom is 0.0701 e. The third-order valence-corrected chi connectivity index (χ3v) is 13.0. The van der Waals surface area contributed by atoms with Crippen molar-refractivity contribution < 1.29 is 0 Å². The first-order valence-electron chi connectivity index (χ1n) is 14.4. The van der Waals surface area contributed by atoms with E-state index in [1.165, 1.54) is 63.9 Å². The summed E-state index contributed by atoms with van der Waals surface area (Å²) in [7, 11) is 0. The van der Waals surface area contributed by atoms with Crippen molar-refractivity contribution in [2.24, 2.45) is 0 Å². The summed E-state index contributed by atoms with van der Waals surface area (Å²) in [5.74, 6) is 0. The average Bonchev–Trinajstić information content (AvgIpc) is 3.85. The molecule has 0 aliphatic heterocycles. The van der Waals surface area contributed by atoms with Crippen LogP contribution in [0.4, 0.5) is 0 Å². The topological polar surface area (TPSA) is 0 Å². The largest absolute Gasteiger partial charge is 0.149 e. The quantitative estimate of drug-likeness (QED) is 0.142. The molecule has 0 amide bonds. The molecule has 0 saturated carbocycles. The highest BCUT2D eigenvalue weighted by Crippen LogP contribution is 2.24. The highest BCUT2D eigenvalue weighted by atomic mass is 79.9. The second-order valence-corrected chi connectivity index (χ2v) is 19.4. The predicted octanol–water partition coefficient (Wildman–Crippen LogP) is 17.6. The number of aryl methyl sites for hydroxylation is 8. The van der Waals surface area contributed by atoms with Crippen LogP contribution in [0.25, 0.3) is 10.1 Å². The Kier molecular flexibility index (Phi) is 24.8. The Hall–Kier alpha value is -1.36. The Labute approximate surface area is 336 Å². The van der Waals surface area contributed by atoms with Crippen LogP contribution in [0.2, 0.25) is 0 Å². The van der Waals surface area contributed by atoms with Gasteiger partial charge in [-0.15, -0.1) is 56.7 Å². The van der Waals surface area contributed by atoms with Gasteiger partial charge in [0.05, 0.1) is 3.79 Å². The number of hydrogen-bond acceptors (Lipinski definition) is 5. The molecular formula is C40H49Br3S5. The minimum absolute atomic E-state index is 0. The van der Waals surface area contributed by atoms with E-state index in [-0.39, 0.29) is 14.9 Å². The molecule has 0 radical (unpaired) electrons. The molecule has 8 heteroatoms. The lowest BCUT2D eigenvalue weighted by molar-refractivity contribution is 1.30. The molecule has 0 nitrogen and oxygen atoms in total. The molecule has 7 rings (SSSR count). The van der Waals surface area contributed by atoms with Gasteiger partial charge in [-0.2, -0.15) is 0 Å². The lowest BCUT2D eigenvalue weighted by Crippen LogP contribution is -1.79. The van der Waals surface area contributed by atoms with E-state index in [0.29, 0.717) is 0 Å². The minimum atomic E-state index is 0. The summed E-state index contributed by atoms with van der Waals surface area (Å²) in [6.45, 7) is 16.9. The summed E-state index contributed by atoms with van der Waals surface area (Å²) in [6, 6.07) is 29.7. The van der Waals surface area contributed by atoms with E-state index in [4.69, 9.17) is 0 Å². The fourth-order valence-electron chi connectivity index (χ4n) is 3.55. The normalized spacial score (nSPS) is 9.23. The third kappa shape index (κ3) is 19.7. The van der Waals surface area contributed by atoms with Crippen LogP contribution in [0.1, 0.15) is 55.9 Å². The average molecular weight is 930 g/mol. The number of rotatable bonds is 0. The van der Waals surface area contributed by atoms with E-state index in [9.17, 15) is 0 Å². The van der Waals surface area contributed by atoms with Crippen LogP contribution in [0, 0.1) is 55.4 Å². The molecular weight excluding hydrogens is 880 g/mol.